The molecule has 0 radical (unpaired) electrons. The van der Waals surface area contributed by atoms with E-state index in [9.17, 15) is 14.0 Å². The number of carbonyl (C=O) groups excluding carboxylic acids is 2. The number of nitrogens with one attached hydrogen (secondary N) is 2. The summed E-state index contributed by atoms with van der Waals surface area (Å²) < 4.78 is 13.7. The van der Waals surface area contributed by atoms with Crippen molar-refractivity contribution in [3.63, 3.8) is 0 Å². The van der Waals surface area contributed by atoms with Crippen molar-refractivity contribution in [2.75, 3.05) is 31.3 Å². The van der Waals surface area contributed by atoms with E-state index in [2.05, 4.69) is 29.5 Å². The molecule has 0 spiro atoms. The summed E-state index contributed by atoms with van der Waals surface area (Å²) >= 11 is 7.49. The van der Waals surface area contributed by atoms with Crippen molar-refractivity contribution in [2.45, 2.75) is 26.1 Å². The molecule has 0 saturated carbocycles. The summed E-state index contributed by atoms with van der Waals surface area (Å²) in [6.45, 7) is 7.00. The van der Waals surface area contributed by atoms with Gasteiger partial charge in [0.25, 0.3) is 5.91 Å². The normalized spacial score (nSPS) is 12.8. The van der Waals surface area contributed by atoms with Crippen LogP contribution >= 0.6 is 23.4 Å². The highest BCUT2D eigenvalue weighted by molar-refractivity contribution is 7.99. The molecule has 0 aliphatic rings. The molecule has 9 heteroatoms. The molecule has 2 amide bonds. The summed E-state index contributed by atoms with van der Waals surface area (Å²) in [7, 11) is 1.41. The molecule has 27 heavy (non-hydrogen) atoms. The Balaban J connectivity index is 2.98. The SMILES string of the molecule is CNC(=O)c1cc(F)c(Cl)nc1N(C=O)C/C(C)=C\CN[C@H](SC)C(C)C. The lowest BCUT2D eigenvalue weighted by Gasteiger charge is -2.21. The zero-order valence-corrected chi connectivity index (χ0v) is 17.7. The highest BCUT2D eigenvalue weighted by Crippen LogP contribution is 2.23. The van der Waals surface area contributed by atoms with Gasteiger partial charge in [-0.25, -0.2) is 9.37 Å². The molecule has 150 valence electrons. The van der Waals surface area contributed by atoms with Crippen LogP contribution in [-0.4, -0.2) is 49.1 Å². The number of aromatic nitrogens is 1. The van der Waals surface area contributed by atoms with Crippen molar-refractivity contribution in [1.82, 2.24) is 15.6 Å². The van der Waals surface area contributed by atoms with Gasteiger partial charge in [0.05, 0.1) is 10.9 Å². The van der Waals surface area contributed by atoms with Gasteiger partial charge in [0, 0.05) is 20.1 Å². The summed E-state index contributed by atoms with van der Waals surface area (Å²) in [5.41, 5.74) is 0.836. The Morgan fingerprint density at radius 3 is 2.67 bits per heavy atom. The number of pyridine rings is 1. The molecule has 0 aromatic carbocycles. The lowest BCUT2D eigenvalue weighted by Crippen LogP contribution is -2.31. The van der Waals surface area contributed by atoms with Gasteiger partial charge in [0.15, 0.2) is 11.0 Å². The smallest absolute Gasteiger partial charge is 0.254 e. The molecular weight excluding hydrogens is 391 g/mol. The maximum absolute atomic E-state index is 13.7. The van der Waals surface area contributed by atoms with Crippen LogP contribution in [0.1, 0.15) is 31.1 Å². The van der Waals surface area contributed by atoms with E-state index in [0.717, 1.165) is 11.6 Å². The number of rotatable bonds is 10. The van der Waals surface area contributed by atoms with Crippen molar-refractivity contribution in [1.29, 1.82) is 0 Å². The first-order valence-corrected chi connectivity index (χ1v) is 10.1. The highest BCUT2D eigenvalue weighted by Gasteiger charge is 2.21. The standard InChI is InChI=1S/C18H26ClFN4O2S/c1-11(2)18(27-5)22-7-6-12(3)9-24(10-25)16-13(17(26)21-4)8-14(20)15(19)23-16/h6,8,10-11,18,22H,7,9H2,1-5H3,(H,21,26)/b12-6-/t18-/m1/s1. The number of thioether (sulfide) groups is 1. The molecule has 0 unspecified atom stereocenters. The molecule has 1 aromatic heterocycles. The Morgan fingerprint density at radius 2 is 2.15 bits per heavy atom. The van der Waals surface area contributed by atoms with Gasteiger partial charge in [0.1, 0.15) is 5.82 Å². The van der Waals surface area contributed by atoms with E-state index in [4.69, 9.17) is 11.6 Å². The van der Waals surface area contributed by atoms with Crippen LogP contribution < -0.4 is 15.5 Å². The topological polar surface area (TPSA) is 74.3 Å². The Kier molecular flexibility index (Phi) is 9.76. The first-order valence-electron chi connectivity index (χ1n) is 8.47. The van der Waals surface area contributed by atoms with Gasteiger partial charge < -0.3 is 10.6 Å². The van der Waals surface area contributed by atoms with E-state index >= 15 is 0 Å². The lowest BCUT2D eigenvalue weighted by molar-refractivity contribution is -0.107. The zero-order chi connectivity index (χ0) is 20.6. The summed E-state index contributed by atoms with van der Waals surface area (Å²) in [5.74, 6) is -0.873. The fraction of sp³-hybridized carbons (Fsp3) is 0.500. The monoisotopic (exact) mass is 416 g/mol. The zero-order valence-electron chi connectivity index (χ0n) is 16.2. The minimum absolute atomic E-state index is 0.0145. The van der Waals surface area contributed by atoms with Crippen LogP contribution in [0, 0.1) is 11.7 Å². The van der Waals surface area contributed by atoms with Crippen molar-refractivity contribution < 1.29 is 14.0 Å². The highest BCUT2D eigenvalue weighted by atomic mass is 35.5. The molecule has 1 aromatic rings. The second-order valence-corrected chi connectivity index (χ2v) is 7.64. The number of halogens is 2. The number of nitrogens with zero attached hydrogens (tertiary/aromatic N) is 2. The number of hydrogen-bond donors (Lipinski definition) is 2. The molecule has 0 fully saturated rings. The largest absolute Gasteiger partial charge is 0.355 e. The predicted octanol–water partition coefficient (Wildman–Crippen LogP) is 3.08. The van der Waals surface area contributed by atoms with Crippen LogP contribution in [0.2, 0.25) is 5.15 Å². The maximum atomic E-state index is 13.7. The van der Waals surface area contributed by atoms with E-state index in [1.807, 2.05) is 19.3 Å². The number of hydrogen-bond acceptors (Lipinski definition) is 5. The fourth-order valence-corrected chi connectivity index (χ4v) is 3.36. The molecule has 0 bridgehead atoms. The van der Waals surface area contributed by atoms with Crippen molar-refractivity contribution >= 4 is 41.5 Å². The third kappa shape index (κ3) is 6.79. The minimum Gasteiger partial charge on any atom is -0.355 e. The number of carbonyl (C=O) groups is 2. The number of amides is 2. The molecule has 1 atom stereocenters. The molecule has 2 N–H and O–H groups in total. The average Bonchev–Trinajstić information content (AvgIpc) is 2.64. The number of anilines is 1. The maximum Gasteiger partial charge on any atom is 0.254 e. The average molecular weight is 417 g/mol. The Labute approximate surface area is 168 Å². The van der Waals surface area contributed by atoms with Gasteiger partial charge in [0.2, 0.25) is 6.41 Å². The summed E-state index contributed by atoms with van der Waals surface area (Å²) in [4.78, 5) is 28.7. The van der Waals surface area contributed by atoms with Crippen molar-refractivity contribution in [3.8, 4) is 0 Å². The van der Waals surface area contributed by atoms with Crippen LogP contribution in [0.4, 0.5) is 10.2 Å². The Hall–Kier alpha value is -1.64. The van der Waals surface area contributed by atoms with E-state index in [-0.39, 0.29) is 17.9 Å². The first kappa shape index (κ1) is 23.4. The van der Waals surface area contributed by atoms with Gasteiger partial charge >= 0.3 is 0 Å². The predicted molar refractivity (Wildman–Crippen MR) is 110 cm³/mol. The van der Waals surface area contributed by atoms with Gasteiger partial charge in [-0.2, -0.15) is 0 Å². The molecule has 1 rings (SSSR count). The minimum atomic E-state index is -0.821. The third-order valence-electron chi connectivity index (χ3n) is 3.83. The molecule has 0 saturated heterocycles. The molecular formula is C18H26ClFN4O2S. The summed E-state index contributed by atoms with van der Waals surface area (Å²) in [6, 6.07) is 0.978. The van der Waals surface area contributed by atoms with Crippen LogP contribution in [0.15, 0.2) is 17.7 Å². The van der Waals surface area contributed by atoms with Gasteiger partial charge in [-0.15, -0.1) is 11.8 Å². The molecule has 1 heterocycles. The lowest BCUT2D eigenvalue weighted by atomic mass is 10.2. The van der Waals surface area contributed by atoms with Crippen LogP contribution in [0.5, 0.6) is 0 Å². The fourth-order valence-electron chi connectivity index (χ4n) is 2.41. The quantitative estimate of drug-likeness (QED) is 0.265. The van der Waals surface area contributed by atoms with Crippen molar-refractivity contribution in [2.24, 2.45) is 5.92 Å². The second-order valence-electron chi connectivity index (χ2n) is 6.30. The van der Waals surface area contributed by atoms with E-state index < -0.39 is 16.9 Å². The van der Waals surface area contributed by atoms with E-state index in [1.54, 1.807) is 11.8 Å². The third-order valence-corrected chi connectivity index (χ3v) is 5.32. The second kappa shape index (κ2) is 11.3. The molecule has 0 aliphatic heterocycles. The molecule has 0 aliphatic carbocycles. The van der Waals surface area contributed by atoms with Crippen LogP contribution in [0.25, 0.3) is 0 Å². The first-order chi connectivity index (χ1) is 12.7. The van der Waals surface area contributed by atoms with Gasteiger partial charge in [-0.1, -0.05) is 37.1 Å². The molecule has 6 nitrogen and oxygen atoms in total. The van der Waals surface area contributed by atoms with Crippen LogP contribution in [-0.2, 0) is 4.79 Å². The van der Waals surface area contributed by atoms with Gasteiger partial charge in [-0.3, -0.25) is 14.5 Å². The van der Waals surface area contributed by atoms with E-state index in [1.165, 1.54) is 11.9 Å². The summed E-state index contributed by atoms with van der Waals surface area (Å²) in [6.07, 6.45) is 4.56. The Morgan fingerprint density at radius 1 is 1.48 bits per heavy atom. The van der Waals surface area contributed by atoms with Crippen LogP contribution in [0.3, 0.4) is 0 Å². The van der Waals surface area contributed by atoms with Crippen molar-refractivity contribution in [3.05, 3.63) is 34.2 Å². The Bertz CT molecular complexity index is 700. The summed E-state index contributed by atoms with van der Waals surface area (Å²) in [5, 5.41) is 5.75. The van der Waals surface area contributed by atoms with E-state index in [0.29, 0.717) is 24.2 Å². The van der Waals surface area contributed by atoms with Gasteiger partial charge in [-0.05, 0) is 25.2 Å².